The van der Waals surface area contributed by atoms with E-state index in [2.05, 4.69) is 22.4 Å². The van der Waals surface area contributed by atoms with E-state index in [-0.39, 0.29) is 0 Å². The summed E-state index contributed by atoms with van der Waals surface area (Å²) in [7, 11) is 0. The molecule has 1 heterocycles. The molecule has 0 aromatic carbocycles. The zero-order chi connectivity index (χ0) is 11.6. The summed E-state index contributed by atoms with van der Waals surface area (Å²) in [6.07, 6.45) is 7.95. The first-order chi connectivity index (χ1) is 7.83. The minimum absolute atomic E-state index is 0.888. The fourth-order valence-electron chi connectivity index (χ4n) is 1.62. The van der Waals surface area contributed by atoms with E-state index in [0.29, 0.717) is 0 Å². The van der Waals surface area contributed by atoms with Gasteiger partial charge in [-0.1, -0.05) is 39.0 Å². The summed E-state index contributed by atoms with van der Waals surface area (Å²) in [4.78, 5) is 0. The molecular formula is C13H23N3. The molecule has 0 spiro atoms. The lowest BCUT2D eigenvalue weighted by Crippen LogP contribution is -2.04. The Bertz CT molecular complexity index is 269. The second-order valence-electron chi connectivity index (χ2n) is 4.25. The SMILES string of the molecule is CCCCCCCCNc1ccc(C)nn1. The van der Waals surface area contributed by atoms with Crippen LogP contribution in [0, 0.1) is 6.92 Å². The van der Waals surface area contributed by atoms with Crippen LogP contribution in [0.15, 0.2) is 12.1 Å². The van der Waals surface area contributed by atoms with Crippen molar-refractivity contribution in [3.05, 3.63) is 17.8 Å². The summed E-state index contributed by atoms with van der Waals surface area (Å²) in [5, 5.41) is 11.4. The molecule has 90 valence electrons. The van der Waals surface area contributed by atoms with Gasteiger partial charge in [-0.3, -0.25) is 0 Å². The van der Waals surface area contributed by atoms with Crippen LogP contribution in [0.4, 0.5) is 5.82 Å². The Morgan fingerprint density at radius 2 is 1.75 bits per heavy atom. The topological polar surface area (TPSA) is 37.8 Å². The van der Waals surface area contributed by atoms with Gasteiger partial charge in [0, 0.05) is 6.54 Å². The van der Waals surface area contributed by atoms with E-state index in [1.54, 1.807) is 0 Å². The van der Waals surface area contributed by atoms with Crippen LogP contribution in [0.2, 0.25) is 0 Å². The second kappa shape index (κ2) is 8.08. The summed E-state index contributed by atoms with van der Waals surface area (Å²) < 4.78 is 0. The van der Waals surface area contributed by atoms with Gasteiger partial charge in [-0.2, -0.15) is 5.10 Å². The van der Waals surface area contributed by atoms with Crippen LogP contribution in [-0.4, -0.2) is 16.7 Å². The number of nitrogens with one attached hydrogen (secondary N) is 1. The van der Waals surface area contributed by atoms with Crippen molar-refractivity contribution in [1.82, 2.24) is 10.2 Å². The summed E-state index contributed by atoms with van der Waals surface area (Å²) in [5.74, 6) is 0.888. The molecule has 0 unspecified atom stereocenters. The molecule has 0 bridgehead atoms. The Kier molecular flexibility index (Phi) is 6.54. The molecule has 0 fully saturated rings. The second-order valence-corrected chi connectivity index (χ2v) is 4.25. The highest BCUT2D eigenvalue weighted by Gasteiger charge is 1.94. The standard InChI is InChI=1S/C13H23N3/c1-3-4-5-6-7-8-11-14-13-10-9-12(2)15-16-13/h9-10H,3-8,11H2,1-2H3,(H,14,16). The number of aryl methyl sites for hydroxylation is 1. The number of aromatic nitrogens is 2. The van der Waals surface area contributed by atoms with E-state index in [9.17, 15) is 0 Å². The quantitative estimate of drug-likeness (QED) is 0.682. The molecule has 16 heavy (non-hydrogen) atoms. The van der Waals surface area contributed by atoms with Gasteiger partial charge in [0.1, 0.15) is 5.82 Å². The zero-order valence-corrected chi connectivity index (χ0v) is 10.5. The summed E-state index contributed by atoms with van der Waals surface area (Å²) in [6.45, 7) is 5.20. The third-order valence-corrected chi connectivity index (χ3v) is 2.63. The van der Waals surface area contributed by atoms with Crippen molar-refractivity contribution in [3.8, 4) is 0 Å². The number of unbranched alkanes of at least 4 members (excludes halogenated alkanes) is 5. The van der Waals surface area contributed by atoms with Gasteiger partial charge in [-0.25, -0.2) is 0 Å². The number of nitrogens with zero attached hydrogens (tertiary/aromatic N) is 2. The molecule has 0 atom stereocenters. The van der Waals surface area contributed by atoms with E-state index < -0.39 is 0 Å². The van der Waals surface area contributed by atoms with Gasteiger partial charge in [0.2, 0.25) is 0 Å². The first-order valence-corrected chi connectivity index (χ1v) is 6.37. The van der Waals surface area contributed by atoms with Crippen molar-refractivity contribution < 1.29 is 0 Å². The average molecular weight is 221 g/mol. The molecule has 0 aliphatic carbocycles. The van der Waals surface area contributed by atoms with Crippen LogP contribution in [0.1, 0.15) is 51.1 Å². The van der Waals surface area contributed by atoms with Crippen molar-refractivity contribution in [1.29, 1.82) is 0 Å². The molecule has 3 nitrogen and oxygen atoms in total. The van der Waals surface area contributed by atoms with Gasteiger partial charge >= 0.3 is 0 Å². The molecule has 1 aromatic heterocycles. The maximum absolute atomic E-state index is 4.06. The zero-order valence-electron chi connectivity index (χ0n) is 10.5. The first-order valence-electron chi connectivity index (χ1n) is 6.37. The van der Waals surface area contributed by atoms with Gasteiger partial charge < -0.3 is 5.32 Å². The normalized spacial score (nSPS) is 10.4. The number of hydrogen-bond donors (Lipinski definition) is 1. The van der Waals surface area contributed by atoms with Crippen molar-refractivity contribution in [2.45, 2.75) is 52.4 Å². The largest absolute Gasteiger partial charge is 0.369 e. The third-order valence-electron chi connectivity index (χ3n) is 2.63. The summed E-state index contributed by atoms with van der Waals surface area (Å²) in [6, 6.07) is 3.97. The van der Waals surface area contributed by atoms with Gasteiger partial charge in [-0.15, -0.1) is 5.10 Å². The predicted molar refractivity (Wildman–Crippen MR) is 68.6 cm³/mol. The molecule has 0 radical (unpaired) electrons. The van der Waals surface area contributed by atoms with Crippen LogP contribution >= 0.6 is 0 Å². The Labute approximate surface area is 98.7 Å². The Hall–Kier alpha value is -1.12. The maximum Gasteiger partial charge on any atom is 0.148 e. The molecule has 1 N–H and O–H groups in total. The molecule has 0 amide bonds. The molecule has 0 aliphatic rings. The van der Waals surface area contributed by atoms with Gasteiger partial charge in [0.05, 0.1) is 5.69 Å². The molecule has 1 rings (SSSR count). The molecule has 3 heteroatoms. The van der Waals surface area contributed by atoms with Gasteiger partial charge in [-0.05, 0) is 25.5 Å². The molecular weight excluding hydrogens is 198 g/mol. The fraction of sp³-hybridized carbons (Fsp3) is 0.692. The summed E-state index contributed by atoms with van der Waals surface area (Å²) in [5.41, 5.74) is 0.963. The van der Waals surface area contributed by atoms with Crippen molar-refractivity contribution in [2.24, 2.45) is 0 Å². The Balaban J connectivity index is 2.01. The van der Waals surface area contributed by atoms with Crippen LogP contribution in [-0.2, 0) is 0 Å². The van der Waals surface area contributed by atoms with E-state index in [0.717, 1.165) is 18.1 Å². The smallest absolute Gasteiger partial charge is 0.148 e. The minimum Gasteiger partial charge on any atom is -0.369 e. The average Bonchev–Trinajstić information content (AvgIpc) is 2.30. The minimum atomic E-state index is 0.888. The number of anilines is 1. The third kappa shape index (κ3) is 5.69. The van der Waals surface area contributed by atoms with Crippen LogP contribution in [0.25, 0.3) is 0 Å². The fourth-order valence-corrected chi connectivity index (χ4v) is 1.62. The van der Waals surface area contributed by atoms with E-state index in [1.165, 1.54) is 38.5 Å². The lowest BCUT2D eigenvalue weighted by Gasteiger charge is -2.04. The molecule has 0 saturated heterocycles. The molecule has 1 aromatic rings. The maximum atomic E-state index is 4.06. The number of hydrogen-bond acceptors (Lipinski definition) is 3. The Morgan fingerprint density at radius 3 is 2.44 bits per heavy atom. The highest BCUT2D eigenvalue weighted by atomic mass is 15.2. The number of rotatable bonds is 8. The van der Waals surface area contributed by atoms with Crippen molar-refractivity contribution in [2.75, 3.05) is 11.9 Å². The van der Waals surface area contributed by atoms with Crippen LogP contribution < -0.4 is 5.32 Å². The van der Waals surface area contributed by atoms with Crippen LogP contribution in [0.5, 0.6) is 0 Å². The first kappa shape index (κ1) is 12.9. The van der Waals surface area contributed by atoms with E-state index >= 15 is 0 Å². The molecule has 0 saturated carbocycles. The van der Waals surface area contributed by atoms with Gasteiger partial charge in [0.25, 0.3) is 0 Å². The lowest BCUT2D eigenvalue weighted by molar-refractivity contribution is 0.616. The van der Waals surface area contributed by atoms with Gasteiger partial charge in [0.15, 0.2) is 0 Å². The molecule has 0 aliphatic heterocycles. The van der Waals surface area contributed by atoms with Crippen molar-refractivity contribution in [3.63, 3.8) is 0 Å². The van der Waals surface area contributed by atoms with Crippen molar-refractivity contribution >= 4 is 5.82 Å². The highest BCUT2D eigenvalue weighted by molar-refractivity contribution is 5.32. The monoisotopic (exact) mass is 221 g/mol. The lowest BCUT2D eigenvalue weighted by atomic mass is 10.1. The van der Waals surface area contributed by atoms with E-state index in [4.69, 9.17) is 0 Å². The van der Waals surface area contributed by atoms with E-state index in [1.807, 2.05) is 19.1 Å². The highest BCUT2D eigenvalue weighted by Crippen LogP contribution is 2.06. The Morgan fingerprint density at radius 1 is 1.00 bits per heavy atom. The predicted octanol–water partition coefficient (Wildman–Crippen LogP) is 3.56. The summed E-state index contributed by atoms with van der Waals surface area (Å²) >= 11 is 0. The van der Waals surface area contributed by atoms with Crippen LogP contribution in [0.3, 0.4) is 0 Å².